The molecule has 4 aromatic rings. The maximum atomic E-state index is 12.7. The number of rotatable bonds is 3. The van der Waals surface area contributed by atoms with Crippen molar-refractivity contribution in [3.05, 3.63) is 64.6 Å². The van der Waals surface area contributed by atoms with Crippen molar-refractivity contribution < 1.29 is 14.0 Å². The molecule has 2 aromatic heterocycles. The maximum absolute atomic E-state index is 12.7. The lowest BCUT2D eigenvalue weighted by Gasteiger charge is -2.03. The molecular weight excluding hydrogens is 306 g/mol. The zero-order chi connectivity index (χ0) is 19.2. The molecule has 2 N–H and O–H groups in total. The first-order valence-electron chi connectivity index (χ1n) is 8.78. The smallest absolute Gasteiger partial charge is 0.280 e. The normalized spacial score (nSPS) is 13.6. The van der Waals surface area contributed by atoms with Crippen LogP contribution < -0.4 is 10.3 Å². The monoisotopic (exact) mass is 324 g/mol. The fraction of sp³-hybridized carbons (Fsp3) is 0.111. The minimum Gasteiger partial charge on any atom is -0.497 e. The van der Waals surface area contributed by atoms with Crippen LogP contribution in [0.1, 0.15) is 9.68 Å². The quantitative estimate of drug-likeness (QED) is 0.606. The average molecular weight is 324 g/mol. The highest BCUT2D eigenvalue weighted by Crippen LogP contribution is 2.22. The van der Waals surface area contributed by atoms with Gasteiger partial charge in [0.15, 0.2) is 0 Å². The molecule has 0 saturated heterocycles. The summed E-state index contributed by atoms with van der Waals surface area (Å²) >= 11 is 0. The molecule has 0 aliphatic heterocycles. The Bertz CT molecular complexity index is 1190. The van der Waals surface area contributed by atoms with Gasteiger partial charge in [0.25, 0.3) is 5.56 Å². The zero-order valence-electron chi connectivity index (χ0n) is 15.5. The van der Waals surface area contributed by atoms with E-state index < -0.39 is 7.04 Å². The van der Waals surface area contributed by atoms with Gasteiger partial charge in [-0.05, 0) is 35.9 Å². The number of hydrogen-bond acceptors (Lipinski definition) is 4. The molecule has 0 spiro atoms. The minimum absolute atomic E-state index is 0.0855. The van der Waals surface area contributed by atoms with Crippen molar-refractivity contribution in [1.82, 2.24) is 14.8 Å². The molecule has 2 aromatic carbocycles. The molecule has 4 rings (SSSR count). The first-order chi connectivity index (χ1) is 12.9. The summed E-state index contributed by atoms with van der Waals surface area (Å²) in [7, 11) is -2.53. The summed E-state index contributed by atoms with van der Waals surface area (Å²) in [6, 6.07) is 11.5. The van der Waals surface area contributed by atoms with Crippen LogP contribution in [0.15, 0.2) is 53.5 Å². The van der Waals surface area contributed by atoms with Crippen molar-refractivity contribution in [2.75, 3.05) is 7.04 Å². The number of H-pyrrole nitrogens is 1. The fourth-order valence-electron chi connectivity index (χ4n) is 2.75. The van der Waals surface area contributed by atoms with E-state index in [0.29, 0.717) is 22.1 Å². The molecule has 0 bridgehead atoms. The molecule has 0 radical (unpaired) electrons. The molecular formula is C18H15N3O3. The van der Waals surface area contributed by atoms with E-state index >= 15 is 0 Å². The van der Waals surface area contributed by atoms with E-state index in [0.717, 1.165) is 10.9 Å². The van der Waals surface area contributed by atoms with Crippen LogP contribution in [0, 0.1) is 0 Å². The largest absolute Gasteiger partial charge is 0.497 e. The molecule has 6 heteroatoms. The van der Waals surface area contributed by atoms with Crippen LogP contribution in [-0.2, 0) is 6.61 Å². The van der Waals surface area contributed by atoms with E-state index in [2.05, 4.69) is 10.1 Å². The van der Waals surface area contributed by atoms with Gasteiger partial charge in [-0.15, -0.1) is 0 Å². The van der Waals surface area contributed by atoms with Crippen molar-refractivity contribution >= 4 is 21.8 Å². The predicted molar refractivity (Wildman–Crippen MR) is 91.7 cm³/mol. The number of pyridine rings is 1. The molecule has 0 saturated carbocycles. The fourth-order valence-corrected chi connectivity index (χ4v) is 2.75. The van der Waals surface area contributed by atoms with Crippen molar-refractivity contribution in [1.29, 1.82) is 0 Å². The van der Waals surface area contributed by atoms with Crippen LogP contribution in [0.3, 0.4) is 0 Å². The van der Waals surface area contributed by atoms with E-state index in [1.165, 1.54) is 23.0 Å². The van der Waals surface area contributed by atoms with Gasteiger partial charge in [-0.1, -0.05) is 12.1 Å². The third-order valence-electron chi connectivity index (χ3n) is 3.99. The molecule has 0 fully saturated rings. The van der Waals surface area contributed by atoms with E-state index in [4.69, 9.17) is 8.85 Å². The summed E-state index contributed by atoms with van der Waals surface area (Å²) in [5.74, 6) is 0.187. The zero-order valence-corrected chi connectivity index (χ0v) is 12.5. The highest BCUT2D eigenvalue weighted by Gasteiger charge is 2.12. The Balaban J connectivity index is 1.81. The van der Waals surface area contributed by atoms with Gasteiger partial charge in [-0.3, -0.25) is 14.9 Å². The van der Waals surface area contributed by atoms with Crippen molar-refractivity contribution in [2.24, 2.45) is 0 Å². The van der Waals surface area contributed by atoms with Crippen LogP contribution >= 0.6 is 0 Å². The second kappa shape index (κ2) is 5.50. The Kier molecular flexibility index (Phi) is 2.62. The van der Waals surface area contributed by atoms with Gasteiger partial charge >= 0.3 is 0 Å². The van der Waals surface area contributed by atoms with Crippen LogP contribution in [0.5, 0.6) is 5.75 Å². The molecule has 0 aliphatic carbocycles. The topological polar surface area (TPSA) is 80.1 Å². The third kappa shape index (κ3) is 2.16. The first-order valence-corrected chi connectivity index (χ1v) is 7.28. The molecule has 0 unspecified atom stereocenters. The van der Waals surface area contributed by atoms with E-state index in [1.807, 2.05) is 6.07 Å². The Hall–Kier alpha value is -3.12. The van der Waals surface area contributed by atoms with E-state index in [1.54, 1.807) is 24.3 Å². The molecule has 2 heterocycles. The number of aromatic amines is 1. The second-order valence-electron chi connectivity index (χ2n) is 5.40. The van der Waals surface area contributed by atoms with Crippen LogP contribution in [-0.4, -0.2) is 26.9 Å². The molecule has 6 nitrogen and oxygen atoms in total. The van der Waals surface area contributed by atoms with Gasteiger partial charge in [-0.25, -0.2) is 4.68 Å². The lowest BCUT2D eigenvalue weighted by Crippen LogP contribution is -2.14. The van der Waals surface area contributed by atoms with Crippen molar-refractivity contribution in [3.63, 3.8) is 0 Å². The summed E-state index contributed by atoms with van der Waals surface area (Å²) in [6.07, 6.45) is 1.50. The standard InChI is InChI=1S/C18H15N3O3/c1-24-13-5-3-12(4-6-13)21-18(23)15-9-19-16-8-11(10-22)2-7-14(16)17(15)20-21/h2-9,20,22H,10H2,1H3/i1D3. The number of fused-ring (bicyclic) bond motifs is 3. The number of nitrogens with zero attached hydrogens (tertiary/aromatic N) is 2. The van der Waals surface area contributed by atoms with Gasteiger partial charge in [0.1, 0.15) is 5.75 Å². The number of nitrogens with one attached hydrogen (secondary N) is 1. The SMILES string of the molecule is [2H]C([2H])([2H])Oc1ccc(-n2[nH]c3c(cnc4cc(CO)ccc43)c2=O)cc1. The number of benzene rings is 2. The number of aliphatic hydroxyl groups excluding tert-OH is 1. The summed E-state index contributed by atoms with van der Waals surface area (Å²) in [5.41, 5.74) is 2.31. The van der Waals surface area contributed by atoms with Gasteiger partial charge in [-0.2, -0.15) is 0 Å². The third-order valence-corrected chi connectivity index (χ3v) is 3.99. The Labute approximate surface area is 141 Å². The number of methoxy groups -OCH3 is 1. The Morgan fingerprint density at radius 1 is 1.25 bits per heavy atom. The maximum Gasteiger partial charge on any atom is 0.280 e. The summed E-state index contributed by atoms with van der Waals surface area (Å²) in [4.78, 5) is 17.1. The molecule has 0 atom stereocenters. The molecule has 24 heavy (non-hydrogen) atoms. The number of aliphatic hydroxyl groups is 1. The van der Waals surface area contributed by atoms with Gasteiger partial charge < -0.3 is 9.84 Å². The summed E-state index contributed by atoms with van der Waals surface area (Å²) < 4.78 is 27.6. The van der Waals surface area contributed by atoms with Crippen molar-refractivity contribution in [3.8, 4) is 11.4 Å². The lowest BCUT2D eigenvalue weighted by atomic mass is 10.1. The minimum atomic E-state index is -2.53. The summed E-state index contributed by atoms with van der Waals surface area (Å²) in [6.45, 7) is -0.0855. The first kappa shape index (κ1) is 11.4. The van der Waals surface area contributed by atoms with E-state index in [-0.39, 0.29) is 17.9 Å². The lowest BCUT2D eigenvalue weighted by molar-refractivity contribution is 0.282. The highest BCUT2D eigenvalue weighted by molar-refractivity contribution is 6.02. The second-order valence-corrected chi connectivity index (χ2v) is 5.40. The van der Waals surface area contributed by atoms with Gasteiger partial charge in [0.2, 0.25) is 0 Å². The highest BCUT2D eigenvalue weighted by atomic mass is 16.5. The molecule has 0 aliphatic rings. The predicted octanol–water partition coefficient (Wildman–Crippen LogP) is 2.37. The molecule has 120 valence electrons. The molecule has 0 amide bonds. The Morgan fingerprint density at radius 2 is 2.08 bits per heavy atom. The van der Waals surface area contributed by atoms with Crippen molar-refractivity contribution in [2.45, 2.75) is 6.61 Å². The van der Waals surface area contributed by atoms with E-state index in [9.17, 15) is 9.90 Å². The Morgan fingerprint density at radius 3 is 2.83 bits per heavy atom. The number of aromatic nitrogens is 3. The van der Waals surface area contributed by atoms with Crippen LogP contribution in [0.25, 0.3) is 27.5 Å². The van der Waals surface area contributed by atoms with Gasteiger partial charge in [0.05, 0.1) is 39.9 Å². The summed E-state index contributed by atoms with van der Waals surface area (Å²) in [5, 5.41) is 13.5. The number of hydrogen-bond donors (Lipinski definition) is 2. The van der Waals surface area contributed by atoms with Crippen LogP contribution in [0.4, 0.5) is 0 Å². The number of ether oxygens (including phenoxy) is 1. The van der Waals surface area contributed by atoms with Gasteiger partial charge in [0, 0.05) is 11.6 Å². The average Bonchev–Trinajstić information content (AvgIpc) is 2.97. The van der Waals surface area contributed by atoms with Crippen LogP contribution in [0.2, 0.25) is 0 Å².